The number of hydrogen-bond acceptors (Lipinski definition) is 3. The molecule has 0 aliphatic rings. The molecule has 0 saturated carbocycles. The lowest BCUT2D eigenvalue weighted by Crippen LogP contribution is -1.41. The third-order valence-corrected chi connectivity index (χ3v) is 0.0282. The van der Waals surface area contributed by atoms with E-state index in [0.29, 0.717) is 0 Å². The van der Waals surface area contributed by atoms with E-state index in [-0.39, 0.29) is 0 Å². The topological polar surface area (TPSA) is 38.7 Å². The van der Waals surface area contributed by atoms with Crippen LogP contribution in [0, 0.1) is 4.91 Å². The average Bonchev–Trinajstić information content (AvgIpc) is 1.37. The fourth-order valence-electron chi connectivity index (χ4n) is 0. The molecule has 0 spiro atoms. The molecular weight excluding hydrogens is 65.0 g/mol. The highest BCUT2D eigenvalue weighted by atomic mass is 19.3. The molecule has 0 N–H and O–H groups in total. The Balaban J connectivity index is 2.30. The van der Waals surface area contributed by atoms with Crippen LogP contribution in [0.3, 0.4) is 0 Å². The quantitative estimate of drug-likeness (QED) is 0.331. The smallest absolute Gasteiger partial charge is 0.134 e. The van der Waals surface area contributed by atoms with Crippen molar-refractivity contribution < 1.29 is 9.57 Å². The monoisotopic (exact) mass is 65.0 g/mol. The van der Waals surface area contributed by atoms with E-state index in [1.165, 1.54) is 5.34 Å². The summed E-state index contributed by atoms with van der Waals surface area (Å²) in [5, 5.41) is 3.43. The highest BCUT2D eigenvalue weighted by Gasteiger charge is 1.52. The molecule has 0 aromatic carbocycles. The normalized spacial score (nSPS) is 5.25. The summed E-state index contributed by atoms with van der Waals surface area (Å²) in [6, 6.07) is 0. The molecule has 0 aromatic rings. The fraction of sp³-hybridized carbons (Fsp3) is 0. The minimum Gasteiger partial charge on any atom is -0.134 e. The van der Waals surface area contributed by atoms with Gasteiger partial charge in [-0.15, -0.1) is 9.95 Å². The molecule has 0 aliphatic heterocycles. The van der Waals surface area contributed by atoms with Crippen LogP contribution >= 0.6 is 0 Å². The van der Waals surface area contributed by atoms with Gasteiger partial charge in [0.25, 0.3) is 0 Å². The zero-order valence-corrected chi connectivity index (χ0v) is 1.64. The maximum absolute atomic E-state index is 9.74. The van der Waals surface area contributed by atoms with E-state index in [0.717, 1.165) is 0 Å². The minimum atomic E-state index is 1.32. The van der Waals surface area contributed by atoms with Crippen molar-refractivity contribution in [3.63, 3.8) is 0 Å². The van der Waals surface area contributed by atoms with Gasteiger partial charge >= 0.3 is 0 Å². The summed E-state index contributed by atoms with van der Waals surface area (Å²) in [6.07, 6.45) is 0. The molecule has 24 valence electrons. The molecule has 0 heterocycles. The Kier molecular flexibility index (Phi) is 1.94. The summed E-state index contributed by atoms with van der Waals surface area (Å²) in [4.78, 5) is 8.33. The van der Waals surface area contributed by atoms with Crippen LogP contribution in [0.2, 0.25) is 0 Å². The van der Waals surface area contributed by atoms with Gasteiger partial charge in [-0.05, 0) is 0 Å². The number of hydrogen-bond donors (Lipinski definition) is 0. The third-order valence-electron chi connectivity index (χ3n) is 0.0282. The maximum Gasteiger partial charge on any atom is 0.196 e. The molecule has 0 atom stereocenters. The predicted octanol–water partition coefficient (Wildman–Crippen LogP) is 0.569. The van der Waals surface area contributed by atoms with Gasteiger partial charge in [-0.3, -0.25) is 0 Å². The van der Waals surface area contributed by atoms with Crippen LogP contribution in [-0.4, -0.2) is 0 Å². The first-order chi connectivity index (χ1) is 1.91. The standard InChI is InChI=1S/FNO2/c1-4-2-3. The van der Waals surface area contributed by atoms with E-state index >= 15 is 0 Å². The van der Waals surface area contributed by atoms with Crippen LogP contribution in [0.15, 0.2) is 5.34 Å². The molecule has 0 bridgehead atoms. The fourth-order valence-corrected chi connectivity index (χ4v) is 0. The molecule has 0 fully saturated rings. The van der Waals surface area contributed by atoms with Gasteiger partial charge in [0.05, 0.1) is 0 Å². The van der Waals surface area contributed by atoms with Gasteiger partial charge in [-0.1, -0.05) is 0 Å². The number of nitrogens with zero attached hydrogens (tertiary/aromatic N) is 1. The van der Waals surface area contributed by atoms with Crippen LogP contribution in [0.4, 0.5) is 4.53 Å². The molecular formula is FNO2. The van der Waals surface area contributed by atoms with E-state index < -0.39 is 0 Å². The molecule has 4 heteroatoms. The SMILES string of the molecule is O=NOF. The van der Waals surface area contributed by atoms with E-state index in [1.54, 1.807) is 0 Å². The maximum atomic E-state index is 9.74. The number of rotatable bonds is 1. The van der Waals surface area contributed by atoms with E-state index in [2.05, 4.69) is 5.04 Å². The molecule has 0 saturated heterocycles. The van der Waals surface area contributed by atoms with Crippen molar-refractivity contribution in [3.05, 3.63) is 4.91 Å². The van der Waals surface area contributed by atoms with Crippen molar-refractivity contribution in [2.45, 2.75) is 0 Å². The van der Waals surface area contributed by atoms with Crippen LogP contribution in [-0.2, 0) is 5.04 Å². The summed E-state index contributed by atoms with van der Waals surface area (Å²) < 4.78 is 9.74. The Morgan fingerprint density at radius 2 is 2.25 bits per heavy atom. The van der Waals surface area contributed by atoms with E-state index in [1.807, 2.05) is 0 Å². The van der Waals surface area contributed by atoms with Gasteiger partial charge in [-0.25, -0.2) is 0 Å². The lowest BCUT2D eigenvalue weighted by Gasteiger charge is -1.51. The minimum absolute atomic E-state index is 1.32. The van der Waals surface area contributed by atoms with E-state index in [4.69, 9.17) is 4.91 Å². The zero-order chi connectivity index (χ0) is 3.41. The first kappa shape index (κ1) is 3.33. The molecule has 0 amide bonds. The van der Waals surface area contributed by atoms with Crippen molar-refractivity contribution in [1.29, 1.82) is 0 Å². The van der Waals surface area contributed by atoms with Crippen LogP contribution in [0.25, 0.3) is 0 Å². The van der Waals surface area contributed by atoms with Crippen LogP contribution in [0.5, 0.6) is 0 Å². The zero-order valence-electron chi connectivity index (χ0n) is 1.64. The molecule has 0 unspecified atom stereocenters. The molecule has 0 aromatic heterocycles. The first-order valence-electron chi connectivity index (χ1n) is 0.519. The van der Waals surface area contributed by atoms with Crippen molar-refractivity contribution in [1.82, 2.24) is 0 Å². The summed E-state index contributed by atoms with van der Waals surface area (Å²) in [6.45, 7) is 0. The van der Waals surface area contributed by atoms with Crippen molar-refractivity contribution in [3.8, 4) is 0 Å². The van der Waals surface area contributed by atoms with Crippen LogP contribution in [0.1, 0.15) is 0 Å². The van der Waals surface area contributed by atoms with Gasteiger partial charge in [0.2, 0.25) is 0 Å². The van der Waals surface area contributed by atoms with Gasteiger partial charge in [-0.2, -0.15) is 0 Å². The summed E-state index contributed by atoms with van der Waals surface area (Å²) in [7, 11) is 0. The summed E-state index contributed by atoms with van der Waals surface area (Å²) >= 11 is 0. The molecule has 4 heavy (non-hydrogen) atoms. The molecule has 3 nitrogen and oxygen atoms in total. The average molecular weight is 65.0 g/mol. The van der Waals surface area contributed by atoms with Crippen LogP contribution < -0.4 is 0 Å². The van der Waals surface area contributed by atoms with Gasteiger partial charge in [0, 0.05) is 4.53 Å². The largest absolute Gasteiger partial charge is 0.196 e. The van der Waals surface area contributed by atoms with Gasteiger partial charge in [0.1, 0.15) is 0 Å². The Labute approximate surface area is 21.2 Å². The highest BCUT2D eigenvalue weighted by Crippen LogP contribution is 1.64. The Bertz CT molecular complexity index is 20.0. The van der Waals surface area contributed by atoms with Gasteiger partial charge in [0.15, 0.2) is 5.34 Å². The number of halogens is 1. The summed E-state index contributed by atoms with van der Waals surface area (Å²) in [5.74, 6) is 0. The van der Waals surface area contributed by atoms with Crippen molar-refractivity contribution >= 4 is 0 Å². The lowest BCUT2D eigenvalue weighted by atomic mass is 13.4. The second-order valence-electron chi connectivity index (χ2n) is 0.144. The first-order valence-corrected chi connectivity index (χ1v) is 0.519. The predicted molar refractivity (Wildman–Crippen MR) is 7.99 cm³/mol. The highest BCUT2D eigenvalue weighted by molar-refractivity contribution is 3.86. The van der Waals surface area contributed by atoms with Gasteiger partial charge < -0.3 is 0 Å². The Hall–Kier alpha value is -0.670. The van der Waals surface area contributed by atoms with Crippen molar-refractivity contribution in [2.75, 3.05) is 0 Å². The van der Waals surface area contributed by atoms with E-state index in [9.17, 15) is 4.53 Å². The second kappa shape index (κ2) is 2.33. The summed E-state index contributed by atoms with van der Waals surface area (Å²) in [5.41, 5.74) is 0. The molecule has 0 aliphatic carbocycles. The lowest BCUT2D eigenvalue weighted by molar-refractivity contribution is -0.133. The second-order valence-corrected chi connectivity index (χ2v) is 0.144. The Morgan fingerprint density at radius 1 is 2.00 bits per heavy atom. The molecule has 0 radical (unpaired) electrons. The third kappa shape index (κ3) is 1.33. The molecule has 0 rings (SSSR count). The Morgan fingerprint density at radius 3 is 2.25 bits per heavy atom. The van der Waals surface area contributed by atoms with Crippen molar-refractivity contribution in [2.24, 2.45) is 5.34 Å².